The number of carbonyl (C=O) groups is 3. The van der Waals surface area contributed by atoms with Gasteiger partial charge in [-0.1, -0.05) is 30.3 Å². The van der Waals surface area contributed by atoms with E-state index in [1.54, 1.807) is 0 Å². The van der Waals surface area contributed by atoms with Crippen LogP contribution < -0.4 is 0 Å². The zero-order valence-electron chi connectivity index (χ0n) is 15.3. The quantitative estimate of drug-likeness (QED) is 0.402. The molecule has 0 bridgehead atoms. The van der Waals surface area contributed by atoms with Gasteiger partial charge in [-0.15, -0.1) is 0 Å². The van der Waals surface area contributed by atoms with Gasteiger partial charge in [-0.3, -0.25) is 14.4 Å². The molecule has 1 amide bonds. The molecule has 2 atom stereocenters. The molecule has 0 radical (unpaired) electrons. The number of esters is 1. The largest absolute Gasteiger partial charge is 0.480 e. The lowest BCUT2D eigenvalue weighted by Crippen LogP contribution is -2.38. The molecule has 0 fully saturated rings. The van der Waals surface area contributed by atoms with Crippen LogP contribution >= 0.6 is 7.80 Å². The van der Waals surface area contributed by atoms with Crippen LogP contribution in [0, 0.1) is 0 Å². The average Bonchev–Trinajstić information content (AvgIpc) is 2.65. The number of aliphatic carboxylic acids is 1. The number of aryl methyl sites for hydroxylation is 1. The van der Waals surface area contributed by atoms with Crippen molar-refractivity contribution in [3.05, 3.63) is 35.9 Å². The van der Waals surface area contributed by atoms with E-state index in [9.17, 15) is 24.1 Å². The van der Waals surface area contributed by atoms with E-state index < -0.39 is 44.2 Å². The van der Waals surface area contributed by atoms with Crippen LogP contribution in [0.3, 0.4) is 0 Å². The minimum atomic E-state index is -2.64. The van der Waals surface area contributed by atoms with Crippen molar-refractivity contribution >= 4 is 25.6 Å². The van der Waals surface area contributed by atoms with E-state index in [1.807, 2.05) is 30.3 Å². The Kier molecular flexibility index (Phi) is 10.4. The van der Waals surface area contributed by atoms with E-state index in [0.717, 1.165) is 16.9 Å². The summed E-state index contributed by atoms with van der Waals surface area (Å²) in [6, 6.07) is 9.66. The molecule has 2 unspecified atom stereocenters. The molecule has 9 heteroatoms. The zero-order valence-corrected chi connectivity index (χ0v) is 16.3. The third-order valence-corrected chi connectivity index (χ3v) is 5.66. The Bertz CT molecular complexity index is 650. The van der Waals surface area contributed by atoms with E-state index in [-0.39, 0.29) is 13.0 Å². The van der Waals surface area contributed by atoms with Gasteiger partial charge < -0.3 is 24.4 Å². The van der Waals surface area contributed by atoms with Crippen molar-refractivity contribution in [1.82, 2.24) is 4.90 Å². The molecule has 0 saturated carbocycles. The Hall–Kier alpha value is -2.18. The van der Waals surface area contributed by atoms with Gasteiger partial charge in [-0.2, -0.15) is 0 Å². The van der Waals surface area contributed by atoms with Crippen LogP contribution in [0.5, 0.6) is 0 Å². The second-order valence-corrected chi connectivity index (χ2v) is 8.02. The number of benzene rings is 1. The van der Waals surface area contributed by atoms with Gasteiger partial charge in [0.15, 0.2) is 0 Å². The summed E-state index contributed by atoms with van der Waals surface area (Å²) in [7, 11) is -1.45. The monoisotopic (exact) mass is 399 g/mol. The molecule has 8 nitrogen and oxygen atoms in total. The molecule has 0 aliphatic heterocycles. The minimum absolute atomic E-state index is 0.142. The highest BCUT2D eigenvalue weighted by atomic mass is 31.1. The maximum Gasteiger partial charge on any atom is 0.323 e. The topological polar surface area (TPSA) is 121 Å². The molecular formula is C18H26NO7P. The summed E-state index contributed by atoms with van der Waals surface area (Å²) in [6.07, 6.45) is 1.06. The van der Waals surface area contributed by atoms with E-state index >= 15 is 0 Å². The number of carboxylic acid groups (broad SMARTS) is 1. The summed E-state index contributed by atoms with van der Waals surface area (Å²) >= 11 is 0. The second-order valence-electron chi connectivity index (χ2n) is 6.07. The fraction of sp³-hybridized carbons (Fsp3) is 0.500. The van der Waals surface area contributed by atoms with Crippen molar-refractivity contribution in [2.75, 3.05) is 26.4 Å². The number of carboxylic acids is 1. The summed E-state index contributed by atoms with van der Waals surface area (Å²) in [6.45, 7) is -0.744. The normalized spacial score (nSPS) is 12.8. The van der Waals surface area contributed by atoms with E-state index in [2.05, 4.69) is 4.74 Å². The first-order valence-electron chi connectivity index (χ1n) is 8.64. The molecule has 150 valence electrons. The Morgan fingerprint density at radius 2 is 1.89 bits per heavy atom. The van der Waals surface area contributed by atoms with Crippen LogP contribution in [-0.2, 0) is 30.1 Å². The van der Waals surface area contributed by atoms with Gasteiger partial charge in [0.1, 0.15) is 20.2 Å². The Labute approximate surface area is 158 Å². The Morgan fingerprint density at radius 1 is 1.22 bits per heavy atom. The number of hydrogen-bond donors (Lipinski definition) is 2. The lowest BCUT2D eigenvalue weighted by molar-refractivity contribution is -0.146. The van der Waals surface area contributed by atoms with E-state index in [4.69, 9.17) is 5.11 Å². The van der Waals surface area contributed by atoms with E-state index in [0.29, 0.717) is 12.8 Å². The van der Waals surface area contributed by atoms with Gasteiger partial charge in [0.05, 0.1) is 19.7 Å². The summed E-state index contributed by atoms with van der Waals surface area (Å²) in [4.78, 5) is 35.2. The smallest absolute Gasteiger partial charge is 0.323 e. The van der Waals surface area contributed by atoms with Gasteiger partial charge in [0.2, 0.25) is 5.91 Å². The maximum atomic E-state index is 12.2. The predicted octanol–water partition coefficient (Wildman–Crippen LogP) is 1.36. The van der Waals surface area contributed by atoms with Gasteiger partial charge in [-0.25, -0.2) is 0 Å². The molecule has 0 aliphatic carbocycles. The zero-order chi connectivity index (χ0) is 20.2. The highest BCUT2D eigenvalue weighted by Crippen LogP contribution is 2.30. The van der Waals surface area contributed by atoms with Crippen LogP contribution in [0.15, 0.2) is 30.3 Å². The lowest BCUT2D eigenvalue weighted by atomic mass is 10.1. The molecule has 0 spiro atoms. The number of methoxy groups -OCH3 is 1. The maximum absolute atomic E-state index is 12.2. The second kappa shape index (κ2) is 12.3. The lowest BCUT2D eigenvalue weighted by Gasteiger charge is -2.21. The molecule has 1 aromatic carbocycles. The average molecular weight is 399 g/mol. The van der Waals surface area contributed by atoms with Gasteiger partial charge in [0.25, 0.3) is 0 Å². The van der Waals surface area contributed by atoms with Crippen molar-refractivity contribution in [3.8, 4) is 0 Å². The van der Waals surface area contributed by atoms with Crippen molar-refractivity contribution in [1.29, 1.82) is 0 Å². The van der Waals surface area contributed by atoms with Crippen LogP contribution in [0.2, 0.25) is 0 Å². The fourth-order valence-electron chi connectivity index (χ4n) is 2.47. The minimum Gasteiger partial charge on any atom is -0.480 e. The summed E-state index contributed by atoms with van der Waals surface area (Å²) in [5.41, 5.74) is 1.11. The third kappa shape index (κ3) is 9.35. The van der Waals surface area contributed by atoms with Crippen LogP contribution in [0.25, 0.3) is 0 Å². The number of aliphatic hydroxyl groups excluding tert-OH is 1. The molecule has 0 aromatic heterocycles. The molecule has 27 heavy (non-hydrogen) atoms. The first-order chi connectivity index (χ1) is 12.8. The molecule has 0 aliphatic rings. The number of aliphatic hydroxyl groups is 1. The van der Waals surface area contributed by atoms with Crippen LogP contribution in [0.1, 0.15) is 24.8 Å². The SMILES string of the molecule is COC(=O)CCN(CC(=O)O)C(=O)C[PH](=O)C(O)CCCc1ccccc1. The number of carbonyl (C=O) groups excluding carboxylic acids is 2. The number of rotatable bonds is 12. The molecule has 1 aromatic rings. The Morgan fingerprint density at radius 3 is 2.48 bits per heavy atom. The number of hydrogen-bond acceptors (Lipinski definition) is 6. The molecule has 0 saturated heterocycles. The van der Waals surface area contributed by atoms with Crippen LogP contribution in [-0.4, -0.2) is 65.2 Å². The van der Waals surface area contributed by atoms with Gasteiger partial charge in [0, 0.05) is 6.54 Å². The Balaban J connectivity index is 2.48. The predicted molar refractivity (Wildman–Crippen MR) is 100 cm³/mol. The van der Waals surface area contributed by atoms with Crippen molar-refractivity contribution in [2.45, 2.75) is 31.5 Å². The van der Waals surface area contributed by atoms with E-state index in [1.165, 1.54) is 7.11 Å². The molecular weight excluding hydrogens is 373 g/mol. The first-order valence-corrected chi connectivity index (χ1v) is 10.3. The highest BCUT2D eigenvalue weighted by Gasteiger charge is 2.23. The summed E-state index contributed by atoms with van der Waals surface area (Å²) in [5.74, 6) is -3.58. The fourth-order valence-corrected chi connectivity index (χ4v) is 3.75. The number of ether oxygens (including phenoxy) is 1. The first kappa shape index (κ1) is 22.9. The standard InChI is InChI=1S/C18H26NO7P/c1-26-17(23)10-11-19(12-16(21)22)15(20)13-27(25)18(24)9-5-8-14-6-3-2-4-7-14/h2-4,6-7,18,24,27H,5,8-13H2,1H3,(H,21,22). The van der Waals surface area contributed by atoms with Gasteiger partial charge >= 0.3 is 11.9 Å². The number of amides is 1. The van der Waals surface area contributed by atoms with Crippen LogP contribution in [0.4, 0.5) is 0 Å². The molecule has 1 rings (SSSR count). The third-order valence-electron chi connectivity index (χ3n) is 3.98. The number of nitrogens with zero attached hydrogens (tertiary/aromatic N) is 1. The molecule has 0 heterocycles. The van der Waals surface area contributed by atoms with Crippen molar-refractivity contribution < 1.29 is 33.9 Å². The summed E-state index contributed by atoms with van der Waals surface area (Å²) < 4.78 is 16.7. The van der Waals surface area contributed by atoms with Gasteiger partial charge in [-0.05, 0) is 24.8 Å². The summed E-state index contributed by atoms with van der Waals surface area (Å²) in [5, 5.41) is 18.9. The highest BCUT2D eigenvalue weighted by molar-refractivity contribution is 7.46. The van der Waals surface area contributed by atoms with Crippen molar-refractivity contribution in [3.63, 3.8) is 0 Å². The molecule has 2 N–H and O–H groups in total. The van der Waals surface area contributed by atoms with Crippen molar-refractivity contribution in [2.24, 2.45) is 0 Å².